The molecule has 4 rings (SSSR count). The molecule has 4 saturated heterocycles. The number of epoxide rings is 4. The predicted octanol–water partition coefficient (Wildman–Crippen LogP) is 1.36. The lowest BCUT2D eigenvalue weighted by Crippen LogP contribution is -2.37. The number of unbranched alkanes of at least 4 members (excludes halogenated alkanes) is 5. The van der Waals surface area contributed by atoms with Crippen LogP contribution in [0.4, 0.5) is 0 Å². The Kier molecular flexibility index (Phi) is 7.98. The molecule has 0 N–H and O–H groups in total. The Morgan fingerprint density at radius 3 is 1.07 bits per heavy atom. The summed E-state index contributed by atoms with van der Waals surface area (Å²) in [5, 5.41) is 0. The molecule has 4 unspecified atom stereocenters. The molecular formula is C22H36N2O6. The summed E-state index contributed by atoms with van der Waals surface area (Å²) in [6.45, 7) is 5.95. The minimum Gasteiger partial charge on any atom is -0.371 e. The van der Waals surface area contributed by atoms with Crippen LogP contribution < -0.4 is 0 Å². The number of rotatable bonds is 17. The molecule has 0 spiro atoms. The number of carbonyl (C=O) groups is 2. The fourth-order valence-corrected chi connectivity index (χ4v) is 3.81. The average molecular weight is 425 g/mol. The zero-order valence-corrected chi connectivity index (χ0v) is 18.0. The third kappa shape index (κ3) is 8.49. The zero-order chi connectivity index (χ0) is 20.8. The highest BCUT2D eigenvalue weighted by molar-refractivity contribution is 5.76. The molecule has 2 amide bonds. The number of nitrogens with zero attached hydrogens (tertiary/aromatic N) is 2. The van der Waals surface area contributed by atoms with Crippen LogP contribution in [-0.2, 0) is 28.5 Å². The maximum absolute atomic E-state index is 12.5. The minimum atomic E-state index is 0.228. The van der Waals surface area contributed by atoms with E-state index in [0.29, 0.717) is 39.0 Å². The van der Waals surface area contributed by atoms with E-state index < -0.39 is 0 Å². The Labute approximate surface area is 179 Å². The second-order valence-electron chi connectivity index (χ2n) is 9.04. The SMILES string of the molecule is O=C(CCCCCCCCC(=O)N(CC1CO1)CC1CO1)N(CC1CO1)CC1CO1. The first-order valence-corrected chi connectivity index (χ1v) is 11.7. The fraction of sp³-hybridized carbons (Fsp3) is 0.909. The first-order valence-electron chi connectivity index (χ1n) is 11.7. The summed E-state index contributed by atoms with van der Waals surface area (Å²) in [5.41, 5.74) is 0. The van der Waals surface area contributed by atoms with E-state index in [1.165, 1.54) is 0 Å². The van der Waals surface area contributed by atoms with Gasteiger partial charge in [0.1, 0.15) is 0 Å². The summed E-state index contributed by atoms with van der Waals surface area (Å²) in [5.74, 6) is 0.456. The minimum absolute atomic E-state index is 0.228. The van der Waals surface area contributed by atoms with Gasteiger partial charge < -0.3 is 28.7 Å². The van der Waals surface area contributed by atoms with Crippen LogP contribution in [0.5, 0.6) is 0 Å². The van der Waals surface area contributed by atoms with Crippen LogP contribution in [0, 0.1) is 0 Å². The monoisotopic (exact) mass is 424 g/mol. The van der Waals surface area contributed by atoms with Gasteiger partial charge in [0.25, 0.3) is 0 Å². The van der Waals surface area contributed by atoms with E-state index in [4.69, 9.17) is 18.9 Å². The molecule has 4 fully saturated rings. The van der Waals surface area contributed by atoms with Crippen LogP contribution in [0.15, 0.2) is 0 Å². The average Bonchev–Trinajstić information content (AvgIpc) is 3.53. The van der Waals surface area contributed by atoms with Crippen molar-refractivity contribution in [2.24, 2.45) is 0 Å². The van der Waals surface area contributed by atoms with Crippen molar-refractivity contribution in [2.45, 2.75) is 75.8 Å². The van der Waals surface area contributed by atoms with Crippen molar-refractivity contribution >= 4 is 11.8 Å². The summed E-state index contributed by atoms with van der Waals surface area (Å²) < 4.78 is 21.1. The molecule has 4 aliphatic heterocycles. The number of ether oxygens (including phenoxy) is 4. The lowest BCUT2D eigenvalue weighted by Gasteiger charge is -2.21. The van der Waals surface area contributed by atoms with Crippen LogP contribution in [0.25, 0.3) is 0 Å². The van der Waals surface area contributed by atoms with Crippen LogP contribution in [0.3, 0.4) is 0 Å². The highest BCUT2D eigenvalue weighted by Gasteiger charge is 2.33. The molecule has 8 nitrogen and oxygen atoms in total. The van der Waals surface area contributed by atoms with Crippen molar-refractivity contribution in [1.29, 1.82) is 0 Å². The number of hydrogen-bond acceptors (Lipinski definition) is 6. The molecule has 0 aromatic carbocycles. The van der Waals surface area contributed by atoms with Gasteiger partial charge in [-0.3, -0.25) is 9.59 Å². The third-order valence-corrected chi connectivity index (χ3v) is 6.04. The fourth-order valence-electron chi connectivity index (χ4n) is 3.81. The van der Waals surface area contributed by atoms with Crippen molar-refractivity contribution < 1.29 is 28.5 Å². The molecule has 0 aliphatic carbocycles. The Hall–Kier alpha value is -1.22. The van der Waals surface area contributed by atoms with Crippen LogP contribution in [-0.4, -0.2) is 98.6 Å². The van der Waals surface area contributed by atoms with Crippen molar-refractivity contribution in [1.82, 2.24) is 9.80 Å². The molecule has 4 heterocycles. The first-order chi connectivity index (χ1) is 14.7. The molecular weight excluding hydrogens is 388 g/mol. The van der Waals surface area contributed by atoms with E-state index in [9.17, 15) is 9.59 Å². The molecule has 0 saturated carbocycles. The van der Waals surface area contributed by atoms with E-state index in [-0.39, 0.29) is 36.2 Å². The van der Waals surface area contributed by atoms with Crippen LogP contribution >= 0.6 is 0 Å². The van der Waals surface area contributed by atoms with Crippen molar-refractivity contribution in [3.05, 3.63) is 0 Å². The summed E-state index contributed by atoms with van der Waals surface area (Å²) in [4.78, 5) is 28.8. The zero-order valence-electron chi connectivity index (χ0n) is 18.0. The molecule has 30 heavy (non-hydrogen) atoms. The highest BCUT2D eigenvalue weighted by atomic mass is 16.6. The highest BCUT2D eigenvalue weighted by Crippen LogP contribution is 2.19. The molecule has 0 radical (unpaired) electrons. The van der Waals surface area contributed by atoms with E-state index >= 15 is 0 Å². The van der Waals surface area contributed by atoms with Gasteiger partial charge in [0.05, 0.1) is 50.8 Å². The van der Waals surface area contributed by atoms with E-state index in [2.05, 4.69) is 0 Å². The Balaban J connectivity index is 1.01. The Bertz CT molecular complexity index is 494. The topological polar surface area (TPSA) is 90.7 Å². The smallest absolute Gasteiger partial charge is 0.222 e. The van der Waals surface area contributed by atoms with Gasteiger partial charge in [0.15, 0.2) is 0 Å². The normalized spacial score (nSPS) is 28.1. The van der Waals surface area contributed by atoms with Gasteiger partial charge in [0, 0.05) is 39.0 Å². The quantitative estimate of drug-likeness (QED) is 0.259. The van der Waals surface area contributed by atoms with Crippen molar-refractivity contribution in [3.63, 3.8) is 0 Å². The number of carbonyl (C=O) groups excluding carboxylic acids is 2. The lowest BCUT2D eigenvalue weighted by molar-refractivity contribution is -0.132. The van der Waals surface area contributed by atoms with Gasteiger partial charge >= 0.3 is 0 Å². The molecule has 4 atom stereocenters. The van der Waals surface area contributed by atoms with Gasteiger partial charge in [0.2, 0.25) is 11.8 Å². The maximum atomic E-state index is 12.5. The first kappa shape index (κ1) is 22.0. The Morgan fingerprint density at radius 2 is 0.800 bits per heavy atom. The van der Waals surface area contributed by atoms with Gasteiger partial charge in [-0.25, -0.2) is 0 Å². The summed E-state index contributed by atoms with van der Waals surface area (Å²) in [7, 11) is 0. The third-order valence-electron chi connectivity index (χ3n) is 6.04. The molecule has 4 aliphatic rings. The molecule has 0 aromatic heterocycles. The van der Waals surface area contributed by atoms with E-state index in [1.54, 1.807) is 0 Å². The number of hydrogen-bond donors (Lipinski definition) is 0. The lowest BCUT2D eigenvalue weighted by atomic mass is 10.1. The molecule has 170 valence electrons. The van der Waals surface area contributed by atoms with Gasteiger partial charge in [-0.2, -0.15) is 0 Å². The van der Waals surface area contributed by atoms with Crippen LogP contribution in [0.1, 0.15) is 51.4 Å². The molecule has 0 bridgehead atoms. The molecule has 8 heteroatoms. The Morgan fingerprint density at radius 1 is 0.533 bits per heavy atom. The van der Waals surface area contributed by atoms with Gasteiger partial charge in [-0.05, 0) is 12.8 Å². The van der Waals surface area contributed by atoms with Crippen LogP contribution in [0.2, 0.25) is 0 Å². The van der Waals surface area contributed by atoms with Crippen molar-refractivity contribution in [3.8, 4) is 0 Å². The van der Waals surface area contributed by atoms with Gasteiger partial charge in [-0.1, -0.05) is 25.7 Å². The summed E-state index contributed by atoms with van der Waals surface area (Å²) in [6.07, 6.45) is 8.40. The van der Waals surface area contributed by atoms with Crippen molar-refractivity contribution in [2.75, 3.05) is 52.6 Å². The number of amides is 2. The second-order valence-corrected chi connectivity index (χ2v) is 9.04. The maximum Gasteiger partial charge on any atom is 0.222 e. The standard InChI is InChI=1S/C22H36N2O6/c25-21(23(9-17-13-27-17)10-18-14-28-18)7-5-3-1-2-4-6-8-22(26)24(11-19-15-29-19)12-20-16-30-20/h17-20H,1-16H2. The molecule has 0 aromatic rings. The van der Waals surface area contributed by atoms with E-state index in [1.807, 2.05) is 9.80 Å². The second kappa shape index (κ2) is 10.9. The predicted molar refractivity (Wildman–Crippen MR) is 109 cm³/mol. The van der Waals surface area contributed by atoms with Gasteiger partial charge in [-0.15, -0.1) is 0 Å². The largest absolute Gasteiger partial charge is 0.371 e. The summed E-state index contributed by atoms with van der Waals surface area (Å²) in [6, 6.07) is 0. The summed E-state index contributed by atoms with van der Waals surface area (Å²) >= 11 is 0. The van der Waals surface area contributed by atoms with E-state index in [0.717, 1.165) is 65.0 Å².